The van der Waals surface area contributed by atoms with Crippen LogP contribution in [0.15, 0.2) is 29.8 Å². The fourth-order valence-electron chi connectivity index (χ4n) is 2.46. The standard InChI is InChI=1S/C22H36N2O2S2Si/c1-16-20(27-15-23-16)18-12-10-17(11-13-18)19(24-28(25)21(2,3)4)14-26-29(8,9)22(5,6)7/h10-13,15,19,24H,14H2,1-9H3/t19-,28?/m0/s1. The minimum atomic E-state index is -1.90. The summed E-state index contributed by atoms with van der Waals surface area (Å²) in [6.45, 7) is 19.7. The van der Waals surface area contributed by atoms with E-state index in [0.717, 1.165) is 16.8 Å². The van der Waals surface area contributed by atoms with Crippen LogP contribution in [-0.4, -0.2) is 29.2 Å². The molecule has 1 heterocycles. The average Bonchev–Trinajstić information content (AvgIpc) is 3.02. The molecule has 1 aromatic carbocycles. The lowest BCUT2D eigenvalue weighted by atomic mass is 10.0. The predicted octanol–water partition coefficient (Wildman–Crippen LogP) is 6.23. The first-order valence-electron chi connectivity index (χ1n) is 10.0. The number of aromatic nitrogens is 1. The molecule has 7 heteroatoms. The van der Waals surface area contributed by atoms with E-state index in [4.69, 9.17) is 4.43 Å². The maximum atomic E-state index is 12.8. The van der Waals surface area contributed by atoms with Crippen LogP contribution in [0.1, 0.15) is 58.8 Å². The van der Waals surface area contributed by atoms with Gasteiger partial charge < -0.3 is 8.98 Å². The fraction of sp³-hybridized carbons (Fsp3) is 0.591. The molecule has 0 aliphatic carbocycles. The Hall–Kier alpha value is -0.703. The maximum absolute atomic E-state index is 12.8. The molecule has 0 aliphatic heterocycles. The van der Waals surface area contributed by atoms with E-state index in [9.17, 15) is 4.55 Å². The molecule has 4 nitrogen and oxygen atoms in total. The van der Waals surface area contributed by atoms with Crippen LogP contribution in [0.4, 0.5) is 0 Å². The van der Waals surface area contributed by atoms with Crippen LogP contribution in [0.5, 0.6) is 0 Å². The summed E-state index contributed by atoms with van der Waals surface area (Å²) >= 11 is 0.474. The van der Waals surface area contributed by atoms with Gasteiger partial charge in [0.1, 0.15) is 4.75 Å². The van der Waals surface area contributed by atoms with Gasteiger partial charge in [-0.1, -0.05) is 45.0 Å². The van der Waals surface area contributed by atoms with E-state index in [1.165, 1.54) is 4.88 Å². The molecule has 0 aliphatic rings. The van der Waals surface area contributed by atoms with E-state index in [1.54, 1.807) is 11.3 Å². The van der Waals surface area contributed by atoms with E-state index in [-0.39, 0.29) is 15.8 Å². The second-order valence-electron chi connectivity index (χ2n) is 10.0. The SMILES string of the molecule is Cc1ncsc1-c1ccc([C@H](CO[Si](C)(C)C(C)(C)C)N[S+]([O-])C(C)(C)C)cc1. The number of nitrogens with one attached hydrogen (secondary N) is 1. The number of hydrogen-bond donors (Lipinski definition) is 1. The Balaban J connectivity index is 2.25. The molecule has 2 atom stereocenters. The molecule has 0 bridgehead atoms. The molecule has 1 unspecified atom stereocenters. The molecule has 1 N–H and O–H groups in total. The van der Waals surface area contributed by atoms with Gasteiger partial charge in [-0.3, -0.25) is 0 Å². The Morgan fingerprint density at radius 1 is 1.14 bits per heavy atom. The van der Waals surface area contributed by atoms with Crippen molar-refractivity contribution in [1.82, 2.24) is 9.71 Å². The monoisotopic (exact) mass is 452 g/mol. The lowest BCUT2D eigenvalue weighted by Gasteiger charge is -2.37. The molecule has 1 aromatic heterocycles. The first kappa shape index (κ1) is 24.6. The van der Waals surface area contributed by atoms with Crippen LogP contribution < -0.4 is 4.72 Å². The van der Waals surface area contributed by atoms with Gasteiger partial charge >= 0.3 is 0 Å². The quantitative estimate of drug-likeness (QED) is 0.399. The molecular weight excluding hydrogens is 416 g/mol. The van der Waals surface area contributed by atoms with Crippen molar-refractivity contribution in [3.63, 3.8) is 0 Å². The number of nitrogens with zero attached hydrogens (tertiary/aromatic N) is 1. The van der Waals surface area contributed by atoms with Crippen LogP contribution in [0.2, 0.25) is 18.1 Å². The highest BCUT2D eigenvalue weighted by atomic mass is 32.2. The van der Waals surface area contributed by atoms with E-state index in [0.29, 0.717) is 6.61 Å². The summed E-state index contributed by atoms with van der Waals surface area (Å²) in [5.41, 5.74) is 5.18. The summed E-state index contributed by atoms with van der Waals surface area (Å²) < 4.78 is 22.3. The highest BCUT2D eigenvalue weighted by Crippen LogP contribution is 2.37. The van der Waals surface area contributed by atoms with Gasteiger partial charge in [-0.2, -0.15) is 0 Å². The van der Waals surface area contributed by atoms with Crippen molar-refractivity contribution < 1.29 is 8.98 Å². The topological polar surface area (TPSA) is 57.2 Å². The summed E-state index contributed by atoms with van der Waals surface area (Å²) in [5, 5.41) is 0.133. The van der Waals surface area contributed by atoms with Crippen molar-refractivity contribution >= 4 is 31.0 Å². The van der Waals surface area contributed by atoms with Gasteiger partial charge in [-0.15, -0.1) is 16.1 Å². The van der Waals surface area contributed by atoms with Crippen LogP contribution in [0, 0.1) is 6.92 Å². The summed E-state index contributed by atoms with van der Waals surface area (Å²) in [7, 11) is -1.90. The Labute approximate surface area is 184 Å². The fourth-order valence-corrected chi connectivity index (χ4v) is 5.10. The largest absolute Gasteiger partial charge is 0.598 e. The number of hydrogen-bond acceptors (Lipinski definition) is 5. The molecule has 0 fully saturated rings. The van der Waals surface area contributed by atoms with Gasteiger partial charge in [0.05, 0.1) is 28.7 Å². The molecule has 29 heavy (non-hydrogen) atoms. The van der Waals surface area contributed by atoms with Gasteiger partial charge in [-0.25, -0.2) is 4.98 Å². The van der Waals surface area contributed by atoms with Gasteiger partial charge in [0.25, 0.3) is 0 Å². The van der Waals surface area contributed by atoms with E-state index < -0.39 is 19.7 Å². The summed E-state index contributed by atoms with van der Waals surface area (Å²) in [6, 6.07) is 8.34. The van der Waals surface area contributed by atoms with Crippen LogP contribution in [0.3, 0.4) is 0 Å². The third kappa shape index (κ3) is 6.39. The van der Waals surface area contributed by atoms with Crippen molar-refractivity contribution in [1.29, 1.82) is 0 Å². The average molecular weight is 453 g/mol. The number of benzene rings is 1. The zero-order valence-corrected chi connectivity index (χ0v) is 21.9. The molecule has 0 spiro atoms. The van der Waals surface area contributed by atoms with E-state index in [1.807, 2.05) is 33.2 Å². The van der Waals surface area contributed by atoms with Crippen LogP contribution >= 0.6 is 11.3 Å². The summed E-state index contributed by atoms with van der Waals surface area (Å²) in [6.07, 6.45) is 0. The first-order chi connectivity index (χ1) is 13.2. The third-order valence-electron chi connectivity index (χ3n) is 5.54. The predicted molar refractivity (Wildman–Crippen MR) is 129 cm³/mol. The van der Waals surface area contributed by atoms with Crippen LogP contribution in [0.25, 0.3) is 10.4 Å². The smallest absolute Gasteiger partial charge is 0.192 e. The zero-order valence-electron chi connectivity index (χ0n) is 19.3. The minimum Gasteiger partial charge on any atom is -0.598 e. The lowest BCUT2D eigenvalue weighted by Crippen LogP contribution is -2.46. The molecule has 2 aromatic rings. The number of aryl methyl sites for hydroxylation is 1. The Bertz CT molecular complexity index is 792. The second kappa shape index (κ2) is 9.20. The van der Waals surface area contributed by atoms with E-state index >= 15 is 0 Å². The normalized spacial score (nSPS) is 15.4. The highest BCUT2D eigenvalue weighted by molar-refractivity contribution is 7.90. The molecule has 162 valence electrons. The van der Waals surface area contributed by atoms with Gasteiger partial charge in [0.2, 0.25) is 0 Å². The van der Waals surface area contributed by atoms with E-state index in [2.05, 4.69) is 67.8 Å². The second-order valence-corrected chi connectivity index (χ2v) is 17.7. The Kier molecular flexibility index (Phi) is 7.79. The molecule has 0 saturated carbocycles. The third-order valence-corrected chi connectivity index (χ3v) is 12.6. The van der Waals surface area contributed by atoms with Crippen molar-refractivity contribution in [3.05, 3.63) is 41.0 Å². The minimum absolute atomic E-state index is 0.124. The zero-order chi connectivity index (χ0) is 22.0. The summed E-state index contributed by atoms with van der Waals surface area (Å²) in [4.78, 5) is 5.54. The van der Waals surface area contributed by atoms with Crippen LogP contribution in [-0.2, 0) is 15.8 Å². The Morgan fingerprint density at radius 2 is 1.72 bits per heavy atom. The summed E-state index contributed by atoms with van der Waals surface area (Å²) in [5.74, 6) is 0. The van der Waals surface area contributed by atoms with Gasteiger partial charge in [0, 0.05) is 11.4 Å². The first-order valence-corrected chi connectivity index (χ1v) is 15.0. The molecule has 0 radical (unpaired) electrons. The maximum Gasteiger partial charge on any atom is 0.192 e. The number of rotatable bonds is 7. The molecule has 0 amide bonds. The Morgan fingerprint density at radius 3 is 2.17 bits per heavy atom. The van der Waals surface area contributed by atoms with Gasteiger partial charge in [-0.05, 0) is 57.0 Å². The highest BCUT2D eigenvalue weighted by Gasteiger charge is 2.38. The van der Waals surface area contributed by atoms with Crippen molar-refractivity contribution in [3.8, 4) is 10.4 Å². The van der Waals surface area contributed by atoms with Gasteiger partial charge in [0.15, 0.2) is 8.32 Å². The van der Waals surface area contributed by atoms with Crippen molar-refractivity contribution in [2.75, 3.05) is 6.61 Å². The van der Waals surface area contributed by atoms with Crippen molar-refractivity contribution in [2.24, 2.45) is 0 Å². The van der Waals surface area contributed by atoms with Crippen molar-refractivity contribution in [2.45, 2.75) is 77.4 Å². The number of thiazole rings is 1. The molecule has 0 saturated heterocycles. The molecular formula is C22H36N2O2S2Si. The lowest BCUT2D eigenvalue weighted by molar-refractivity contribution is 0.256. The molecule has 2 rings (SSSR count).